The first-order chi connectivity index (χ1) is 13.0. The van der Waals surface area contributed by atoms with Crippen LogP contribution in [0.5, 0.6) is 0 Å². The van der Waals surface area contributed by atoms with Crippen LogP contribution in [0.15, 0.2) is 15.7 Å². The van der Waals surface area contributed by atoms with Gasteiger partial charge in [0, 0.05) is 31.7 Å². The number of hydrogen-bond acceptors (Lipinski definition) is 7. The molecule has 1 unspecified atom stereocenters. The molecule has 1 atom stereocenters. The van der Waals surface area contributed by atoms with Crippen molar-refractivity contribution in [1.82, 2.24) is 15.8 Å². The molecule has 3 rings (SSSR count). The largest absolute Gasteiger partial charge is 0.382 e. The van der Waals surface area contributed by atoms with E-state index >= 15 is 0 Å². The highest BCUT2D eigenvalue weighted by Crippen LogP contribution is 2.35. The monoisotopic (exact) mass is 378 g/mol. The molecule has 27 heavy (non-hydrogen) atoms. The Morgan fingerprint density at radius 3 is 2.85 bits per heavy atom. The maximum Gasteiger partial charge on any atom is 0.264 e. The van der Waals surface area contributed by atoms with E-state index < -0.39 is 6.10 Å². The second-order valence-corrected chi connectivity index (χ2v) is 7.24. The number of nitrogens with zero attached hydrogens (tertiary/aromatic N) is 2. The summed E-state index contributed by atoms with van der Waals surface area (Å²) in [6.07, 6.45) is 3.71. The number of aromatic nitrogens is 1. The van der Waals surface area contributed by atoms with Gasteiger partial charge in [-0.2, -0.15) is 0 Å². The summed E-state index contributed by atoms with van der Waals surface area (Å²) in [6.45, 7) is 2.66. The lowest BCUT2D eigenvalue weighted by atomic mass is 9.74. The van der Waals surface area contributed by atoms with Crippen LogP contribution >= 0.6 is 0 Å². The summed E-state index contributed by atoms with van der Waals surface area (Å²) in [5.41, 5.74) is 1.13. The van der Waals surface area contributed by atoms with Gasteiger partial charge in [0.25, 0.3) is 5.91 Å². The molecule has 1 saturated carbocycles. The van der Waals surface area contributed by atoms with E-state index in [0.717, 1.165) is 25.0 Å². The van der Waals surface area contributed by atoms with Gasteiger partial charge in [0.15, 0.2) is 5.76 Å². The molecule has 9 heteroatoms. The van der Waals surface area contributed by atoms with Gasteiger partial charge in [-0.3, -0.25) is 9.59 Å². The fourth-order valence-corrected chi connectivity index (χ4v) is 3.34. The Balaban J connectivity index is 1.41. The van der Waals surface area contributed by atoms with E-state index in [1.54, 1.807) is 13.2 Å². The van der Waals surface area contributed by atoms with E-state index in [0.29, 0.717) is 37.4 Å². The molecule has 0 spiro atoms. The van der Waals surface area contributed by atoms with Gasteiger partial charge in [0.05, 0.1) is 17.8 Å². The van der Waals surface area contributed by atoms with Gasteiger partial charge in [-0.1, -0.05) is 10.3 Å². The van der Waals surface area contributed by atoms with E-state index in [1.807, 2.05) is 6.92 Å². The van der Waals surface area contributed by atoms with Crippen molar-refractivity contribution in [3.05, 3.63) is 17.5 Å². The lowest BCUT2D eigenvalue weighted by Gasteiger charge is -2.43. The molecule has 2 N–H and O–H groups in total. The summed E-state index contributed by atoms with van der Waals surface area (Å²) in [4.78, 5) is 29.6. The molecule has 0 radical (unpaired) electrons. The smallest absolute Gasteiger partial charge is 0.264 e. The molecule has 1 aromatic rings. The number of amides is 2. The molecular weight excluding hydrogens is 352 g/mol. The second-order valence-electron chi connectivity index (χ2n) is 7.24. The van der Waals surface area contributed by atoms with Crippen LogP contribution in [-0.2, 0) is 32.2 Å². The molecule has 2 heterocycles. The van der Waals surface area contributed by atoms with Crippen molar-refractivity contribution in [2.24, 2.45) is 5.16 Å². The van der Waals surface area contributed by atoms with Gasteiger partial charge in [-0.15, -0.1) is 0 Å². The number of rotatable bonds is 9. The Morgan fingerprint density at radius 2 is 2.22 bits per heavy atom. The van der Waals surface area contributed by atoms with Crippen LogP contribution in [0, 0.1) is 0 Å². The minimum absolute atomic E-state index is 0.129. The van der Waals surface area contributed by atoms with Gasteiger partial charge >= 0.3 is 0 Å². The highest BCUT2D eigenvalue weighted by molar-refractivity contribution is 5.91. The molecule has 0 bridgehead atoms. The molecule has 2 aliphatic rings. The molecular formula is C18H26N4O5. The van der Waals surface area contributed by atoms with Crippen LogP contribution in [0.25, 0.3) is 0 Å². The maximum atomic E-state index is 12.4. The molecule has 148 valence electrons. The van der Waals surface area contributed by atoms with E-state index in [1.165, 1.54) is 0 Å². The Hall–Kier alpha value is -2.42. The fourth-order valence-electron chi connectivity index (χ4n) is 3.34. The molecule has 1 fully saturated rings. The first-order valence-electron chi connectivity index (χ1n) is 9.21. The third-order valence-corrected chi connectivity index (χ3v) is 4.97. The molecule has 0 saturated heterocycles. The summed E-state index contributed by atoms with van der Waals surface area (Å²) in [5, 5.41) is 13.7. The Bertz CT molecular complexity index is 710. The van der Waals surface area contributed by atoms with Crippen molar-refractivity contribution in [1.29, 1.82) is 0 Å². The van der Waals surface area contributed by atoms with Crippen LogP contribution in [-0.4, -0.2) is 48.0 Å². The van der Waals surface area contributed by atoms with Crippen molar-refractivity contribution in [2.75, 3.05) is 13.7 Å². The standard InChI is InChI=1S/C18H26N4O5/c1-12-8-15(27-21-12)17(24)20-18(4-3-5-18)6-7-19-16(23)10-13-9-14(11-25-2)26-22-13/h9,15H,3-8,10-11H2,1-2H3,(H,19,23)(H,20,24). The third-order valence-electron chi connectivity index (χ3n) is 4.97. The van der Waals surface area contributed by atoms with Crippen LogP contribution in [0.4, 0.5) is 0 Å². The average molecular weight is 378 g/mol. The van der Waals surface area contributed by atoms with E-state index in [9.17, 15) is 9.59 Å². The van der Waals surface area contributed by atoms with Crippen LogP contribution in [0.3, 0.4) is 0 Å². The fraction of sp³-hybridized carbons (Fsp3) is 0.667. The van der Waals surface area contributed by atoms with Gasteiger partial charge in [-0.05, 0) is 32.6 Å². The Labute approximate surface area is 157 Å². The minimum Gasteiger partial charge on any atom is -0.382 e. The van der Waals surface area contributed by atoms with Crippen molar-refractivity contribution < 1.29 is 23.7 Å². The van der Waals surface area contributed by atoms with Gasteiger partial charge < -0.3 is 24.7 Å². The van der Waals surface area contributed by atoms with Gasteiger partial charge in [0.1, 0.15) is 6.61 Å². The lowest BCUT2D eigenvalue weighted by molar-refractivity contribution is -0.134. The summed E-state index contributed by atoms with van der Waals surface area (Å²) < 4.78 is 10.0. The number of carbonyl (C=O) groups is 2. The van der Waals surface area contributed by atoms with E-state index in [-0.39, 0.29) is 23.8 Å². The SMILES string of the molecule is COCc1cc(CC(=O)NCCC2(NC(=O)C3CC(C)=NO3)CCC2)no1. The van der Waals surface area contributed by atoms with Gasteiger partial charge in [-0.25, -0.2) is 0 Å². The number of hydrogen-bond donors (Lipinski definition) is 2. The number of carbonyl (C=O) groups excluding carboxylic acids is 2. The van der Waals surface area contributed by atoms with Gasteiger partial charge in [0.2, 0.25) is 12.0 Å². The number of nitrogens with one attached hydrogen (secondary N) is 2. The Morgan fingerprint density at radius 1 is 1.41 bits per heavy atom. The molecule has 2 amide bonds. The minimum atomic E-state index is -0.537. The first-order valence-corrected chi connectivity index (χ1v) is 9.21. The summed E-state index contributed by atoms with van der Waals surface area (Å²) in [7, 11) is 1.57. The predicted octanol–water partition coefficient (Wildman–Crippen LogP) is 1.07. The van der Waals surface area contributed by atoms with Crippen molar-refractivity contribution in [3.8, 4) is 0 Å². The van der Waals surface area contributed by atoms with Crippen LogP contribution in [0.1, 0.15) is 50.5 Å². The van der Waals surface area contributed by atoms with Crippen molar-refractivity contribution >= 4 is 17.5 Å². The number of oxime groups is 1. The zero-order valence-corrected chi connectivity index (χ0v) is 15.7. The zero-order chi connectivity index (χ0) is 19.3. The van der Waals surface area contributed by atoms with Crippen LogP contribution in [0.2, 0.25) is 0 Å². The van der Waals surface area contributed by atoms with Crippen molar-refractivity contribution in [3.63, 3.8) is 0 Å². The normalized spacial score (nSPS) is 20.4. The quantitative estimate of drug-likeness (QED) is 0.664. The van der Waals surface area contributed by atoms with E-state index in [4.69, 9.17) is 14.1 Å². The summed E-state index contributed by atoms with van der Waals surface area (Å²) >= 11 is 0. The molecule has 0 aromatic carbocycles. The third kappa shape index (κ3) is 5.06. The zero-order valence-electron chi connectivity index (χ0n) is 15.7. The van der Waals surface area contributed by atoms with Crippen LogP contribution < -0.4 is 10.6 Å². The summed E-state index contributed by atoms with van der Waals surface area (Å²) in [5.74, 6) is 0.330. The molecule has 1 aliphatic heterocycles. The molecule has 9 nitrogen and oxygen atoms in total. The summed E-state index contributed by atoms with van der Waals surface area (Å²) in [6, 6.07) is 1.71. The maximum absolute atomic E-state index is 12.4. The topological polar surface area (TPSA) is 115 Å². The predicted molar refractivity (Wildman–Crippen MR) is 95.9 cm³/mol. The molecule has 1 aliphatic carbocycles. The average Bonchev–Trinajstić information content (AvgIpc) is 3.22. The number of ether oxygens (including phenoxy) is 1. The van der Waals surface area contributed by atoms with E-state index in [2.05, 4.69) is 20.9 Å². The Kier molecular flexibility index (Phi) is 6.10. The second kappa shape index (κ2) is 8.51. The lowest BCUT2D eigenvalue weighted by Crippen LogP contribution is -2.57. The highest BCUT2D eigenvalue weighted by atomic mass is 16.6. The number of methoxy groups -OCH3 is 1. The van der Waals surface area contributed by atoms with Crippen molar-refractivity contribution in [2.45, 2.75) is 63.7 Å². The highest BCUT2D eigenvalue weighted by Gasteiger charge is 2.40. The first kappa shape index (κ1) is 19.3. The molecule has 1 aromatic heterocycles.